The van der Waals surface area contributed by atoms with Gasteiger partial charge in [0.1, 0.15) is 11.4 Å². The number of H-pyrrole nitrogens is 1. The Hall–Kier alpha value is -1.94. The zero-order chi connectivity index (χ0) is 12.4. The van der Waals surface area contributed by atoms with Gasteiger partial charge in [0.05, 0.1) is 7.11 Å². The molecule has 0 spiro atoms. The molecule has 0 saturated heterocycles. The predicted octanol–water partition coefficient (Wildman–Crippen LogP) is 3.72. The Kier molecular flexibility index (Phi) is 2.94. The number of hydrogen-bond donors (Lipinski definition) is 1. The summed E-state index contributed by atoms with van der Waals surface area (Å²) in [6.45, 7) is 0. The molecule has 3 rings (SSSR count). The van der Waals surface area contributed by atoms with Crippen LogP contribution in [0.2, 0.25) is 0 Å². The Morgan fingerprint density at radius 2 is 2.17 bits per heavy atom. The van der Waals surface area contributed by atoms with Gasteiger partial charge in [-0.05, 0) is 30.3 Å². The number of nitrogens with one attached hydrogen (secondary N) is 1. The molecular formula is C14H12N2OS. The monoisotopic (exact) mass is 256 g/mol. The average molecular weight is 256 g/mol. The molecule has 0 amide bonds. The van der Waals surface area contributed by atoms with Crippen LogP contribution in [-0.2, 0) is 0 Å². The maximum atomic E-state index is 5.23. The van der Waals surface area contributed by atoms with Crippen LogP contribution in [0.1, 0.15) is 0 Å². The van der Waals surface area contributed by atoms with Gasteiger partial charge in [0.15, 0.2) is 0 Å². The van der Waals surface area contributed by atoms with Crippen LogP contribution in [0, 0.1) is 0 Å². The molecule has 1 N–H and O–H groups in total. The summed E-state index contributed by atoms with van der Waals surface area (Å²) in [4.78, 5) is 9.78. The third kappa shape index (κ3) is 2.07. The topological polar surface area (TPSA) is 37.9 Å². The van der Waals surface area contributed by atoms with Crippen molar-refractivity contribution >= 4 is 22.8 Å². The molecular weight excluding hydrogens is 244 g/mol. The summed E-state index contributed by atoms with van der Waals surface area (Å²) in [5, 5.41) is 1.14. The number of nitrogens with zero attached hydrogens (tertiary/aromatic N) is 1. The number of aromatic amines is 1. The number of fused-ring (bicyclic) bond motifs is 1. The van der Waals surface area contributed by atoms with E-state index in [9.17, 15) is 0 Å². The first-order valence-corrected chi connectivity index (χ1v) is 6.42. The quantitative estimate of drug-likeness (QED) is 0.776. The summed E-state index contributed by atoms with van der Waals surface area (Å²) in [6.07, 6.45) is 3.78. The van der Waals surface area contributed by atoms with Crippen molar-refractivity contribution in [3.63, 3.8) is 0 Å². The van der Waals surface area contributed by atoms with Gasteiger partial charge in [0.25, 0.3) is 0 Å². The van der Waals surface area contributed by atoms with Gasteiger partial charge in [-0.15, -0.1) is 0 Å². The molecule has 18 heavy (non-hydrogen) atoms. The maximum Gasteiger partial charge on any atom is 0.138 e. The zero-order valence-electron chi connectivity index (χ0n) is 9.88. The van der Waals surface area contributed by atoms with E-state index < -0.39 is 0 Å². The Balaban J connectivity index is 1.96. The van der Waals surface area contributed by atoms with Gasteiger partial charge >= 0.3 is 0 Å². The number of benzene rings is 1. The Morgan fingerprint density at radius 1 is 1.22 bits per heavy atom. The van der Waals surface area contributed by atoms with E-state index in [1.165, 1.54) is 4.90 Å². The number of ether oxygens (including phenoxy) is 1. The number of hydrogen-bond acceptors (Lipinski definition) is 3. The molecule has 1 aromatic carbocycles. The van der Waals surface area contributed by atoms with Crippen molar-refractivity contribution in [3.8, 4) is 5.75 Å². The second kappa shape index (κ2) is 4.74. The van der Waals surface area contributed by atoms with Gasteiger partial charge in [0, 0.05) is 27.6 Å². The Labute approximate surface area is 109 Å². The lowest BCUT2D eigenvalue weighted by Crippen LogP contribution is -1.81. The van der Waals surface area contributed by atoms with E-state index in [2.05, 4.69) is 22.1 Å². The van der Waals surface area contributed by atoms with Gasteiger partial charge in [-0.1, -0.05) is 17.8 Å². The van der Waals surface area contributed by atoms with Gasteiger partial charge in [-0.25, -0.2) is 4.98 Å². The van der Waals surface area contributed by atoms with Crippen LogP contribution in [-0.4, -0.2) is 17.1 Å². The second-order valence-corrected chi connectivity index (χ2v) is 4.95. The molecule has 2 aromatic heterocycles. The molecule has 3 aromatic rings. The summed E-state index contributed by atoms with van der Waals surface area (Å²) in [5.41, 5.74) is 0.919. The predicted molar refractivity (Wildman–Crippen MR) is 73.2 cm³/mol. The largest absolute Gasteiger partial charge is 0.497 e. The molecule has 3 nitrogen and oxygen atoms in total. The molecule has 90 valence electrons. The number of pyridine rings is 1. The van der Waals surface area contributed by atoms with Crippen molar-refractivity contribution in [2.75, 3.05) is 7.11 Å². The normalized spacial score (nSPS) is 10.7. The van der Waals surface area contributed by atoms with Crippen LogP contribution in [0.25, 0.3) is 11.0 Å². The summed E-state index contributed by atoms with van der Waals surface area (Å²) in [6, 6.07) is 12.1. The molecule has 4 heteroatoms. The minimum absolute atomic E-state index is 0.873. The average Bonchev–Trinajstić information content (AvgIpc) is 2.83. The van der Waals surface area contributed by atoms with Crippen molar-refractivity contribution in [1.82, 2.24) is 9.97 Å². The van der Waals surface area contributed by atoms with Crippen LogP contribution < -0.4 is 4.74 Å². The molecule has 0 saturated carbocycles. The van der Waals surface area contributed by atoms with E-state index in [0.717, 1.165) is 21.7 Å². The molecule has 2 heterocycles. The molecule has 0 aliphatic heterocycles. The minimum atomic E-state index is 0.873. The van der Waals surface area contributed by atoms with Gasteiger partial charge < -0.3 is 9.72 Å². The van der Waals surface area contributed by atoms with Crippen molar-refractivity contribution in [2.24, 2.45) is 0 Å². The lowest BCUT2D eigenvalue weighted by atomic mass is 10.3. The van der Waals surface area contributed by atoms with Crippen LogP contribution in [0.3, 0.4) is 0 Å². The fraction of sp³-hybridized carbons (Fsp3) is 0.0714. The van der Waals surface area contributed by atoms with Crippen LogP contribution in [0.15, 0.2) is 58.6 Å². The lowest BCUT2D eigenvalue weighted by molar-refractivity contribution is 0.413. The fourth-order valence-electron chi connectivity index (χ4n) is 1.81. The molecule has 0 aliphatic carbocycles. The summed E-state index contributed by atoms with van der Waals surface area (Å²) >= 11 is 1.70. The minimum Gasteiger partial charge on any atom is -0.497 e. The van der Waals surface area contributed by atoms with Crippen LogP contribution in [0.5, 0.6) is 5.75 Å². The first-order chi connectivity index (χ1) is 8.86. The SMILES string of the molecule is COc1cccc(Sc2c[nH]c3ncccc23)c1. The number of methoxy groups -OCH3 is 1. The number of aromatic nitrogens is 2. The maximum absolute atomic E-state index is 5.23. The summed E-state index contributed by atoms with van der Waals surface area (Å²) < 4.78 is 5.23. The highest BCUT2D eigenvalue weighted by molar-refractivity contribution is 7.99. The number of rotatable bonds is 3. The van der Waals surface area contributed by atoms with E-state index in [0.29, 0.717) is 0 Å². The standard InChI is InChI=1S/C14H12N2OS/c1-17-10-4-2-5-11(8-10)18-13-9-16-14-12(13)6-3-7-15-14/h2-9H,1H3,(H,15,16). The van der Waals surface area contributed by atoms with E-state index in [-0.39, 0.29) is 0 Å². The van der Waals surface area contributed by atoms with Crippen molar-refractivity contribution < 1.29 is 4.74 Å². The van der Waals surface area contributed by atoms with E-state index in [1.807, 2.05) is 30.5 Å². The third-order valence-corrected chi connectivity index (χ3v) is 3.73. The van der Waals surface area contributed by atoms with Crippen LogP contribution >= 0.6 is 11.8 Å². The van der Waals surface area contributed by atoms with Crippen molar-refractivity contribution in [1.29, 1.82) is 0 Å². The Bertz CT molecular complexity index is 678. The van der Waals surface area contributed by atoms with Crippen molar-refractivity contribution in [3.05, 3.63) is 48.8 Å². The first kappa shape index (κ1) is 11.2. The molecule has 0 aliphatic rings. The third-order valence-electron chi connectivity index (χ3n) is 2.68. The molecule has 0 fully saturated rings. The van der Waals surface area contributed by atoms with Gasteiger partial charge in [0.2, 0.25) is 0 Å². The second-order valence-electron chi connectivity index (χ2n) is 3.83. The van der Waals surface area contributed by atoms with E-state index >= 15 is 0 Å². The zero-order valence-corrected chi connectivity index (χ0v) is 10.7. The molecule has 0 atom stereocenters. The highest BCUT2D eigenvalue weighted by atomic mass is 32.2. The highest BCUT2D eigenvalue weighted by Crippen LogP contribution is 2.34. The highest BCUT2D eigenvalue weighted by Gasteiger charge is 2.06. The summed E-state index contributed by atoms with van der Waals surface area (Å²) in [5.74, 6) is 0.873. The van der Waals surface area contributed by atoms with E-state index in [4.69, 9.17) is 4.74 Å². The molecule has 0 radical (unpaired) electrons. The van der Waals surface area contributed by atoms with Crippen molar-refractivity contribution in [2.45, 2.75) is 9.79 Å². The van der Waals surface area contributed by atoms with Gasteiger partial charge in [-0.3, -0.25) is 0 Å². The smallest absolute Gasteiger partial charge is 0.138 e. The summed E-state index contributed by atoms with van der Waals surface area (Å²) in [7, 11) is 1.68. The molecule has 0 bridgehead atoms. The fourth-order valence-corrected chi connectivity index (χ4v) is 2.78. The van der Waals surface area contributed by atoms with E-state index in [1.54, 1.807) is 25.1 Å². The van der Waals surface area contributed by atoms with Gasteiger partial charge in [-0.2, -0.15) is 0 Å². The lowest BCUT2D eigenvalue weighted by Gasteiger charge is -2.03. The van der Waals surface area contributed by atoms with Crippen LogP contribution in [0.4, 0.5) is 0 Å². The first-order valence-electron chi connectivity index (χ1n) is 5.61. The Morgan fingerprint density at radius 3 is 3.06 bits per heavy atom. The molecule has 0 unspecified atom stereocenters.